The summed E-state index contributed by atoms with van der Waals surface area (Å²) in [5.41, 5.74) is 3.84. The number of aliphatic hydroxyl groups excluding tert-OH is 2. The van der Waals surface area contributed by atoms with Crippen LogP contribution < -0.4 is 10.6 Å². The van der Waals surface area contributed by atoms with Crippen molar-refractivity contribution in [1.29, 1.82) is 0 Å². The Hall–Kier alpha value is -2.82. The van der Waals surface area contributed by atoms with Crippen LogP contribution in [-0.4, -0.2) is 69.2 Å². The Labute approximate surface area is 209 Å². The molecule has 10 heteroatoms. The standard InChI is InChI=1S/C25H34N4O5S/c1-14-21(35-13-26-14)17-8-6-16(7-9-17)19(12-30)28-23(33)20-10-18(32)11-29(20)24(34)22(25(3,4)5)27-15(2)31/h6-9,13,18-20,22,30,32H,10-12H2,1-5H3,(H,27,31)(H,28,33)/t18-,19+,20+,22-/m1/s1. The topological polar surface area (TPSA) is 132 Å². The fraction of sp³-hybridized carbons (Fsp3) is 0.520. The van der Waals surface area contributed by atoms with E-state index in [9.17, 15) is 24.6 Å². The minimum atomic E-state index is -0.913. The van der Waals surface area contributed by atoms with Crippen molar-refractivity contribution in [3.63, 3.8) is 0 Å². The summed E-state index contributed by atoms with van der Waals surface area (Å²) in [5.74, 6) is -1.24. The van der Waals surface area contributed by atoms with Crippen molar-refractivity contribution >= 4 is 29.1 Å². The van der Waals surface area contributed by atoms with Gasteiger partial charge >= 0.3 is 0 Å². The van der Waals surface area contributed by atoms with Crippen LogP contribution in [0.5, 0.6) is 0 Å². The SMILES string of the molecule is CC(=O)N[C@H](C(=O)N1C[C@H](O)C[C@H]1C(=O)N[C@@H](CO)c1ccc(-c2scnc2C)cc1)C(C)(C)C. The molecule has 0 radical (unpaired) electrons. The summed E-state index contributed by atoms with van der Waals surface area (Å²) in [5, 5.41) is 25.8. The molecule has 3 amide bonds. The van der Waals surface area contributed by atoms with Crippen molar-refractivity contribution in [3.8, 4) is 10.4 Å². The molecule has 35 heavy (non-hydrogen) atoms. The van der Waals surface area contributed by atoms with Crippen LogP contribution in [-0.2, 0) is 14.4 Å². The molecule has 1 aromatic heterocycles. The van der Waals surface area contributed by atoms with E-state index in [0.717, 1.165) is 16.1 Å². The molecule has 1 fully saturated rings. The highest BCUT2D eigenvalue weighted by Crippen LogP contribution is 2.29. The van der Waals surface area contributed by atoms with Gasteiger partial charge in [0.15, 0.2) is 0 Å². The van der Waals surface area contributed by atoms with Crippen LogP contribution in [0.2, 0.25) is 0 Å². The van der Waals surface area contributed by atoms with E-state index in [2.05, 4.69) is 15.6 Å². The van der Waals surface area contributed by atoms with Gasteiger partial charge in [0.25, 0.3) is 0 Å². The smallest absolute Gasteiger partial charge is 0.246 e. The molecule has 190 valence electrons. The quantitative estimate of drug-likeness (QED) is 0.456. The number of likely N-dealkylation sites (tertiary alicyclic amines) is 1. The van der Waals surface area contributed by atoms with Gasteiger partial charge in [0.1, 0.15) is 12.1 Å². The molecular formula is C25H34N4O5S. The van der Waals surface area contributed by atoms with Gasteiger partial charge < -0.3 is 25.7 Å². The van der Waals surface area contributed by atoms with Crippen molar-refractivity contribution in [3.05, 3.63) is 41.0 Å². The number of benzene rings is 1. The highest BCUT2D eigenvalue weighted by molar-refractivity contribution is 7.13. The van der Waals surface area contributed by atoms with Crippen molar-refractivity contribution in [2.24, 2.45) is 5.41 Å². The Balaban J connectivity index is 1.76. The fourth-order valence-corrected chi connectivity index (χ4v) is 5.08. The number of amides is 3. The summed E-state index contributed by atoms with van der Waals surface area (Å²) in [6.45, 7) is 8.42. The van der Waals surface area contributed by atoms with E-state index < -0.39 is 41.5 Å². The number of rotatable bonds is 7. The van der Waals surface area contributed by atoms with Gasteiger partial charge in [0.05, 0.1) is 34.8 Å². The number of nitrogens with zero attached hydrogens (tertiary/aromatic N) is 2. The molecule has 1 aliphatic heterocycles. The van der Waals surface area contributed by atoms with Gasteiger partial charge in [0, 0.05) is 19.9 Å². The third-order valence-corrected chi connectivity index (χ3v) is 7.12. The van der Waals surface area contributed by atoms with Crippen LogP contribution in [0, 0.1) is 12.3 Å². The first-order chi connectivity index (χ1) is 16.4. The van der Waals surface area contributed by atoms with E-state index in [0.29, 0.717) is 5.56 Å². The minimum absolute atomic E-state index is 0.00419. The lowest BCUT2D eigenvalue weighted by Gasteiger charge is -2.35. The van der Waals surface area contributed by atoms with Crippen LogP contribution in [0.15, 0.2) is 29.8 Å². The van der Waals surface area contributed by atoms with E-state index in [1.54, 1.807) is 16.8 Å². The average molecular weight is 503 g/mol. The molecule has 3 rings (SSSR count). The number of hydrogen-bond donors (Lipinski definition) is 4. The van der Waals surface area contributed by atoms with E-state index in [1.807, 2.05) is 52.0 Å². The van der Waals surface area contributed by atoms with Gasteiger partial charge in [-0.2, -0.15) is 0 Å². The minimum Gasteiger partial charge on any atom is -0.394 e. The number of aromatic nitrogens is 1. The maximum atomic E-state index is 13.4. The van der Waals surface area contributed by atoms with Crippen molar-refractivity contribution < 1.29 is 24.6 Å². The molecule has 1 aliphatic rings. The van der Waals surface area contributed by atoms with Crippen LogP contribution >= 0.6 is 11.3 Å². The zero-order valence-corrected chi connectivity index (χ0v) is 21.6. The Bertz CT molecular complexity index is 1060. The Morgan fingerprint density at radius 2 is 1.86 bits per heavy atom. The first kappa shape index (κ1) is 26.8. The van der Waals surface area contributed by atoms with Gasteiger partial charge in [-0.3, -0.25) is 14.4 Å². The molecule has 0 saturated carbocycles. The van der Waals surface area contributed by atoms with Gasteiger partial charge in [-0.25, -0.2) is 4.98 Å². The maximum Gasteiger partial charge on any atom is 0.246 e. The lowest BCUT2D eigenvalue weighted by molar-refractivity contribution is -0.144. The number of aliphatic hydroxyl groups is 2. The van der Waals surface area contributed by atoms with Crippen LogP contribution in [0.1, 0.15) is 51.4 Å². The molecule has 1 aromatic carbocycles. The molecule has 2 aromatic rings. The highest BCUT2D eigenvalue weighted by Gasteiger charge is 2.44. The Morgan fingerprint density at radius 3 is 2.37 bits per heavy atom. The van der Waals surface area contributed by atoms with E-state index >= 15 is 0 Å². The largest absolute Gasteiger partial charge is 0.394 e. The predicted molar refractivity (Wildman–Crippen MR) is 133 cm³/mol. The summed E-state index contributed by atoms with van der Waals surface area (Å²) in [7, 11) is 0. The predicted octanol–water partition coefficient (Wildman–Crippen LogP) is 1.78. The zero-order valence-electron chi connectivity index (χ0n) is 20.7. The fourth-order valence-electron chi connectivity index (χ4n) is 4.27. The van der Waals surface area contributed by atoms with Crippen molar-refractivity contribution in [1.82, 2.24) is 20.5 Å². The molecule has 2 heterocycles. The molecule has 1 saturated heterocycles. The third kappa shape index (κ3) is 6.25. The summed E-state index contributed by atoms with van der Waals surface area (Å²) >= 11 is 1.54. The molecule has 0 aliphatic carbocycles. The zero-order chi connectivity index (χ0) is 25.9. The lowest BCUT2D eigenvalue weighted by Crippen LogP contribution is -2.57. The van der Waals surface area contributed by atoms with Crippen molar-refractivity contribution in [2.75, 3.05) is 13.2 Å². The number of carbonyl (C=O) groups excluding carboxylic acids is 3. The van der Waals surface area contributed by atoms with E-state index in [-0.39, 0.29) is 25.5 Å². The summed E-state index contributed by atoms with van der Waals surface area (Å²) in [4.78, 5) is 44.9. The van der Waals surface area contributed by atoms with Gasteiger partial charge in [0.2, 0.25) is 17.7 Å². The first-order valence-corrected chi connectivity index (χ1v) is 12.5. The molecule has 0 unspecified atom stereocenters. The van der Waals surface area contributed by atoms with E-state index in [1.165, 1.54) is 11.8 Å². The normalized spacial score (nSPS) is 19.8. The Morgan fingerprint density at radius 1 is 1.20 bits per heavy atom. The monoisotopic (exact) mass is 502 g/mol. The highest BCUT2D eigenvalue weighted by atomic mass is 32.1. The van der Waals surface area contributed by atoms with Crippen LogP contribution in [0.4, 0.5) is 0 Å². The molecule has 4 atom stereocenters. The van der Waals surface area contributed by atoms with Gasteiger partial charge in [-0.05, 0) is 23.5 Å². The first-order valence-electron chi connectivity index (χ1n) is 11.6. The summed E-state index contributed by atoms with van der Waals surface area (Å²) < 4.78 is 0. The number of thiazole rings is 1. The number of carbonyl (C=O) groups is 3. The molecule has 0 spiro atoms. The van der Waals surface area contributed by atoms with Crippen molar-refractivity contribution in [2.45, 2.75) is 65.3 Å². The second-order valence-corrected chi connectivity index (χ2v) is 10.9. The van der Waals surface area contributed by atoms with Crippen LogP contribution in [0.3, 0.4) is 0 Å². The van der Waals surface area contributed by atoms with Crippen LogP contribution in [0.25, 0.3) is 10.4 Å². The van der Waals surface area contributed by atoms with Gasteiger partial charge in [-0.15, -0.1) is 11.3 Å². The maximum absolute atomic E-state index is 13.4. The number of nitrogens with one attached hydrogen (secondary N) is 2. The van der Waals surface area contributed by atoms with E-state index in [4.69, 9.17) is 0 Å². The summed E-state index contributed by atoms with van der Waals surface area (Å²) in [6.07, 6.45) is -0.780. The molecular weight excluding hydrogens is 468 g/mol. The number of aryl methyl sites for hydroxylation is 1. The lowest BCUT2D eigenvalue weighted by atomic mass is 9.85. The number of β-amino-alcohol motifs (C(OH)–C–C–N with tert-alkyl or cyclic N) is 1. The average Bonchev–Trinajstić information content (AvgIpc) is 3.40. The third-order valence-electron chi connectivity index (χ3n) is 6.15. The Kier molecular flexibility index (Phi) is 8.30. The number of hydrogen-bond acceptors (Lipinski definition) is 7. The summed E-state index contributed by atoms with van der Waals surface area (Å²) in [6, 6.07) is 5.08. The molecule has 9 nitrogen and oxygen atoms in total. The van der Waals surface area contributed by atoms with Gasteiger partial charge in [-0.1, -0.05) is 45.0 Å². The molecule has 0 bridgehead atoms. The second-order valence-electron chi connectivity index (χ2n) is 10.0. The second kappa shape index (κ2) is 10.8. The molecule has 4 N–H and O–H groups in total.